The molecule has 0 saturated carbocycles. The van der Waals surface area contributed by atoms with Crippen molar-refractivity contribution in [1.29, 1.82) is 0 Å². The van der Waals surface area contributed by atoms with Gasteiger partial charge in [-0.25, -0.2) is 4.98 Å². The van der Waals surface area contributed by atoms with Gasteiger partial charge in [-0.2, -0.15) is 5.10 Å². The molecular weight excluding hydrogens is 164 g/mol. The van der Waals surface area contributed by atoms with Gasteiger partial charge in [-0.3, -0.25) is 5.10 Å². The van der Waals surface area contributed by atoms with Crippen molar-refractivity contribution < 1.29 is 0 Å². The molecule has 0 bridgehead atoms. The molecule has 1 aromatic rings. The van der Waals surface area contributed by atoms with Crippen molar-refractivity contribution in [3.63, 3.8) is 0 Å². The molecule has 2 rings (SSSR count). The third-order valence-corrected chi connectivity index (χ3v) is 2.59. The zero-order valence-corrected chi connectivity index (χ0v) is 8.01. The van der Waals surface area contributed by atoms with E-state index in [0.29, 0.717) is 5.92 Å². The SMILES string of the molecule is CCc1nc(C2CCNCC2)n[nH]1. The normalized spacial score (nSPS) is 19.2. The van der Waals surface area contributed by atoms with E-state index in [2.05, 4.69) is 27.4 Å². The van der Waals surface area contributed by atoms with Gasteiger partial charge in [0.2, 0.25) is 0 Å². The molecule has 1 saturated heterocycles. The maximum Gasteiger partial charge on any atom is 0.153 e. The van der Waals surface area contributed by atoms with Gasteiger partial charge < -0.3 is 5.32 Å². The highest BCUT2D eigenvalue weighted by Crippen LogP contribution is 2.21. The molecule has 0 aliphatic carbocycles. The molecular formula is C9H16N4. The van der Waals surface area contributed by atoms with Crippen LogP contribution in [0.25, 0.3) is 0 Å². The zero-order chi connectivity index (χ0) is 9.10. The van der Waals surface area contributed by atoms with Gasteiger partial charge in [0, 0.05) is 12.3 Å². The highest BCUT2D eigenvalue weighted by atomic mass is 15.2. The first-order chi connectivity index (χ1) is 6.40. The van der Waals surface area contributed by atoms with Crippen molar-refractivity contribution in [3.05, 3.63) is 11.6 Å². The molecule has 0 spiro atoms. The van der Waals surface area contributed by atoms with Crippen molar-refractivity contribution in [2.75, 3.05) is 13.1 Å². The molecule has 1 aliphatic heterocycles. The molecule has 0 amide bonds. The maximum absolute atomic E-state index is 4.46. The van der Waals surface area contributed by atoms with Gasteiger partial charge in [-0.1, -0.05) is 6.92 Å². The second-order valence-electron chi connectivity index (χ2n) is 3.52. The number of nitrogens with zero attached hydrogens (tertiary/aromatic N) is 2. The minimum atomic E-state index is 0.567. The molecule has 13 heavy (non-hydrogen) atoms. The number of H-pyrrole nitrogens is 1. The number of aromatic amines is 1. The third kappa shape index (κ3) is 1.88. The molecule has 1 fully saturated rings. The summed E-state index contributed by atoms with van der Waals surface area (Å²) < 4.78 is 0. The van der Waals surface area contributed by atoms with E-state index in [0.717, 1.165) is 31.2 Å². The average Bonchev–Trinajstić information content (AvgIpc) is 2.67. The van der Waals surface area contributed by atoms with E-state index in [-0.39, 0.29) is 0 Å². The van der Waals surface area contributed by atoms with Gasteiger partial charge in [-0.15, -0.1) is 0 Å². The summed E-state index contributed by atoms with van der Waals surface area (Å²) in [5.41, 5.74) is 0. The highest BCUT2D eigenvalue weighted by molar-refractivity contribution is 4.99. The standard InChI is InChI=1S/C9H16N4/c1-2-8-11-9(13-12-8)7-3-5-10-6-4-7/h7,10H,2-6H2,1H3,(H,11,12,13). The second-order valence-corrected chi connectivity index (χ2v) is 3.52. The van der Waals surface area contributed by atoms with Crippen LogP contribution in [0.5, 0.6) is 0 Å². The Labute approximate surface area is 78.1 Å². The van der Waals surface area contributed by atoms with Crippen LogP contribution in [0.3, 0.4) is 0 Å². The average molecular weight is 180 g/mol. The molecule has 0 unspecified atom stereocenters. The Kier molecular flexibility index (Phi) is 2.59. The summed E-state index contributed by atoms with van der Waals surface area (Å²) in [5, 5.41) is 10.6. The summed E-state index contributed by atoms with van der Waals surface area (Å²) in [6.07, 6.45) is 3.28. The van der Waals surface area contributed by atoms with Gasteiger partial charge in [0.25, 0.3) is 0 Å². The van der Waals surface area contributed by atoms with Crippen LogP contribution in [0.1, 0.15) is 37.3 Å². The summed E-state index contributed by atoms with van der Waals surface area (Å²) in [6, 6.07) is 0. The fourth-order valence-electron chi connectivity index (χ4n) is 1.73. The van der Waals surface area contributed by atoms with Gasteiger partial charge in [0.1, 0.15) is 5.82 Å². The predicted molar refractivity (Wildman–Crippen MR) is 50.6 cm³/mol. The molecule has 1 aromatic heterocycles. The summed E-state index contributed by atoms with van der Waals surface area (Å²) in [7, 11) is 0. The number of rotatable bonds is 2. The summed E-state index contributed by atoms with van der Waals surface area (Å²) in [5.74, 6) is 2.59. The summed E-state index contributed by atoms with van der Waals surface area (Å²) >= 11 is 0. The number of aromatic nitrogens is 3. The lowest BCUT2D eigenvalue weighted by Gasteiger charge is -2.19. The molecule has 2 N–H and O–H groups in total. The largest absolute Gasteiger partial charge is 0.317 e. The predicted octanol–water partition coefficient (Wildman–Crippen LogP) is 0.834. The van der Waals surface area contributed by atoms with Crippen LogP contribution in [0.2, 0.25) is 0 Å². The van der Waals surface area contributed by atoms with E-state index in [9.17, 15) is 0 Å². The van der Waals surface area contributed by atoms with E-state index in [1.165, 1.54) is 12.8 Å². The summed E-state index contributed by atoms with van der Waals surface area (Å²) in [4.78, 5) is 4.46. The van der Waals surface area contributed by atoms with E-state index < -0.39 is 0 Å². The Hall–Kier alpha value is -0.900. The van der Waals surface area contributed by atoms with Crippen LogP contribution in [-0.2, 0) is 6.42 Å². The van der Waals surface area contributed by atoms with Crippen LogP contribution in [0.4, 0.5) is 0 Å². The monoisotopic (exact) mass is 180 g/mol. The molecule has 1 aliphatic rings. The van der Waals surface area contributed by atoms with E-state index in [1.54, 1.807) is 0 Å². The van der Waals surface area contributed by atoms with E-state index >= 15 is 0 Å². The van der Waals surface area contributed by atoms with Gasteiger partial charge in [0.05, 0.1) is 0 Å². The first-order valence-electron chi connectivity index (χ1n) is 5.02. The summed E-state index contributed by atoms with van der Waals surface area (Å²) in [6.45, 7) is 4.29. The Bertz CT molecular complexity index is 262. The van der Waals surface area contributed by atoms with Crippen molar-refractivity contribution in [1.82, 2.24) is 20.5 Å². The minimum Gasteiger partial charge on any atom is -0.317 e. The van der Waals surface area contributed by atoms with Crippen LogP contribution in [0.15, 0.2) is 0 Å². The van der Waals surface area contributed by atoms with Crippen molar-refractivity contribution in [3.8, 4) is 0 Å². The number of piperidine rings is 1. The topological polar surface area (TPSA) is 53.6 Å². The quantitative estimate of drug-likeness (QED) is 0.709. The lowest BCUT2D eigenvalue weighted by molar-refractivity contribution is 0.446. The minimum absolute atomic E-state index is 0.567. The maximum atomic E-state index is 4.46. The molecule has 72 valence electrons. The molecule has 0 atom stereocenters. The Morgan fingerprint density at radius 3 is 2.77 bits per heavy atom. The van der Waals surface area contributed by atoms with Crippen LogP contribution in [-0.4, -0.2) is 28.3 Å². The van der Waals surface area contributed by atoms with Crippen LogP contribution >= 0.6 is 0 Å². The van der Waals surface area contributed by atoms with E-state index in [1.807, 2.05) is 0 Å². The molecule has 2 heterocycles. The lowest BCUT2D eigenvalue weighted by Crippen LogP contribution is -2.27. The number of hydrogen-bond donors (Lipinski definition) is 2. The molecule has 4 nitrogen and oxygen atoms in total. The van der Waals surface area contributed by atoms with Gasteiger partial charge in [-0.05, 0) is 25.9 Å². The molecule has 0 radical (unpaired) electrons. The fraction of sp³-hybridized carbons (Fsp3) is 0.778. The van der Waals surface area contributed by atoms with Crippen molar-refractivity contribution in [2.45, 2.75) is 32.1 Å². The third-order valence-electron chi connectivity index (χ3n) is 2.59. The Morgan fingerprint density at radius 2 is 2.15 bits per heavy atom. The van der Waals surface area contributed by atoms with Crippen molar-refractivity contribution in [2.24, 2.45) is 0 Å². The van der Waals surface area contributed by atoms with E-state index in [4.69, 9.17) is 0 Å². The van der Waals surface area contributed by atoms with Gasteiger partial charge >= 0.3 is 0 Å². The zero-order valence-electron chi connectivity index (χ0n) is 8.01. The number of aryl methyl sites for hydroxylation is 1. The number of hydrogen-bond acceptors (Lipinski definition) is 3. The fourth-order valence-corrected chi connectivity index (χ4v) is 1.73. The first-order valence-corrected chi connectivity index (χ1v) is 5.02. The van der Waals surface area contributed by atoms with Crippen LogP contribution < -0.4 is 5.32 Å². The number of nitrogens with one attached hydrogen (secondary N) is 2. The second kappa shape index (κ2) is 3.87. The Morgan fingerprint density at radius 1 is 1.38 bits per heavy atom. The van der Waals surface area contributed by atoms with Crippen molar-refractivity contribution >= 4 is 0 Å². The molecule has 0 aromatic carbocycles. The smallest absolute Gasteiger partial charge is 0.153 e. The van der Waals surface area contributed by atoms with Crippen LogP contribution in [0, 0.1) is 0 Å². The Balaban J connectivity index is 2.05. The van der Waals surface area contributed by atoms with Gasteiger partial charge in [0.15, 0.2) is 5.82 Å². The lowest BCUT2D eigenvalue weighted by atomic mass is 9.98. The first kappa shape index (κ1) is 8.69. The highest BCUT2D eigenvalue weighted by Gasteiger charge is 2.18. The molecule has 4 heteroatoms.